The first kappa shape index (κ1) is 19.4. The standard InChI is InChI=1S/C20H28BrNO2S/c1-18(2,3)25(23)22-17-16-12-15(21)7-6-14(16)13-20(17)10-8-19(4,24-5)9-11-20/h6-7,12H,8-11,13H2,1-5H3/b22-17-. The number of halogens is 1. The number of methoxy groups -OCH3 is 1. The Bertz CT molecular complexity index is 687. The Morgan fingerprint density at radius 1 is 1.20 bits per heavy atom. The maximum Gasteiger partial charge on any atom is 0.144 e. The van der Waals surface area contributed by atoms with Crippen LogP contribution in [0.25, 0.3) is 0 Å². The largest absolute Gasteiger partial charge is 0.591 e. The lowest BCUT2D eigenvalue weighted by Gasteiger charge is -2.42. The van der Waals surface area contributed by atoms with Crippen molar-refractivity contribution in [1.29, 1.82) is 0 Å². The molecule has 3 rings (SSSR count). The summed E-state index contributed by atoms with van der Waals surface area (Å²) in [5.74, 6) is 0. The highest BCUT2D eigenvalue weighted by molar-refractivity contribution is 9.10. The van der Waals surface area contributed by atoms with E-state index in [1.54, 1.807) is 0 Å². The molecule has 1 spiro atoms. The molecule has 1 aromatic rings. The van der Waals surface area contributed by atoms with E-state index in [1.165, 1.54) is 11.1 Å². The summed E-state index contributed by atoms with van der Waals surface area (Å²) in [5.41, 5.74) is 3.51. The number of fused-ring (bicyclic) bond motifs is 1. The summed E-state index contributed by atoms with van der Waals surface area (Å²) >= 11 is 2.34. The molecule has 1 aromatic carbocycles. The van der Waals surface area contributed by atoms with Crippen LogP contribution < -0.4 is 0 Å². The molecular weight excluding hydrogens is 398 g/mol. The van der Waals surface area contributed by atoms with Crippen molar-refractivity contribution in [3.05, 3.63) is 33.8 Å². The summed E-state index contributed by atoms with van der Waals surface area (Å²) in [6.45, 7) is 8.15. The number of hydrogen-bond acceptors (Lipinski definition) is 3. The third kappa shape index (κ3) is 3.71. The van der Waals surface area contributed by atoms with Gasteiger partial charge in [-0.15, -0.1) is 0 Å². The van der Waals surface area contributed by atoms with Crippen LogP contribution in [0.15, 0.2) is 27.1 Å². The first-order valence-electron chi connectivity index (χ1n) is 8.94. The molecule has 3 nitrogen and oxygen atoms in total. The fourth-order valence-electron chi connectivity index (χ4n) is 3.90. The molecule has 0 bridgehead atoms. The minimum atomic E-state index is -1.25. The molecule has 0 heterocycles. The van der Waals surface area contributed by atoms with Crippen molar-refractivity contribution in [2.24, 2.45) is 9.81 Å². The second kappa shape index (κ2) is 6.66. The molecule has 138 valence electrons. The van der Waals surface area contributed by atoms with Gasteiger partial charge in [0.2, 0.25) is 0 Å². The van der Waals surface area contributed by atoms with Crippen LogP contribution in [0.2, 0.25) is 0 Å². The Morgan fingerprint density at radius 3 is 2.40 bits per heavy atom. The van der Waals surface area contributed by atoms with E-state index in [9.17, 15) is 4.55 Å². The van der Waals surface area contributed by atoms with Crippen molar-refractivity contribution in [2.45, 2.75) is 70.1 Å². The average Bonchev–Trinajstić information content (AvgIpc) is 2.83. The number of rotatable bonds is 2. The van der Waals surface area contributed by atoms with Crippen LogP contribution in [-0.4, -0.2) is 27.7 Å². The topological polar surface area (TPSA) is 44.6 Å². The fourth-order valence-corrected chi connectivity index (χ4v) is 4.99. The van der Waals surface area contributed by atoms with Gasteiger partial charge in [0.15, 0.2) is 0 Å². The monoisotopic (exact) mass is 425 g/mol. The van der Waals surface area contributed by atoms with E-state index in [4.69, 9.17) is 9.13 Å². The molecule has 1 unspecified atom stereocenters. The van der Waals surface area contributed by atoms with Gasteiger partial charge in [0, 0.05) is 22.6 Å². The zero-order chi connectivity index (χ0) is 18.5. The third-order valence-electron chi connectivity index (χ3n) is 5.81. The van der Waals surface area contributed by atoms with E-state index in [0.717, 1.165) is 42.3 Å². The van der Waals surface area contributed by atoms with Gasteiger partial charge in [0.25, 0.3) is 0 Å². The lowest BCUT2D eigenvalue weighted by molar-refractivity contribution is -0.0407. The van der Waals surface area contributed by atoms with Crippen molar-refractivity contribution in [2.75, 3.05) is 7.11 Å². The number of hydrogen-bond donors (Lipinski definition) is 0. The maximum absolute atomic E-state index is 12.8. The van der Waals surface area contributed by atoms with E-state index in [-0.39, 0.29) is 15.8 Å². The molecule has 0 aromatic heterocycles. The van der Waals surface area contributed by atoms with Crippen LogP contribution in [0.4, 0.5) is 0 Å². The van der Waals surface area contributed by atoms with Crippen molar-refractivity contribution >= 4 is 33.0 Å². The molecule has 0 N–H and O–H groups in total. The highest BCUT2D eigenvalue weighted by atomic mass is 79.9. The zero-order valence-corrected chi connectivity index (χ0v) is 18.2. The van der Waals surface area contributed by atoms with Gasteiger partial charge in [-0.25, -0.2) is 0 Å². The van der Waals surface area contributed by atoms with E-state index in [1.807, 2.05) is 27.9 Å². The van der Waals surface area contributed by atoms with E-state index in [2.05, 4.69) is 41.1 Å². The van der Waals surface area contributed by atoms with Crippen LogP contribution in [0.1, 0.15) is 64.5 Å². The number of benzene rings is 1. The molecule has 5 heteroatoms. The summed E-state index contributed by atoms with van der Waals surface area (Å²) in [6, 6.07) is 6.43. The van der Waals surface area contributed by atoms with Gasteiger partial charge >= 0.3 is 0 Å². The van der Waals surface area contributed by atoms with Crippen LogP contribution >= 0.6 is 15.9 Å². The van der Waals surface area contributed by atoms with Gasteiger partial charge in [0.05, 0.1) is 5.60 Å². The molecule has 1 atom stereocenters. The van der Waals surface area contributed by atoms with Gasteiger partial charge in [0.1, 0.15) is 21.8 Å². The Kier molecular flexibility index (Phi) is 5.17. The fraction of sp³-hybridized carbons (Fsp3) is 0.650. The lowest BCUT2D eigenvalue weighted by Crippen LogP contribution is -2.42. The van der Waals surface area contributed by atoms with Crippen LogP contribution in [0.5, 0.6) is 0 Å². The molecule has 0 amide bonds. The number of nitrogens with zero attached hydrogens (tertiary/aromatic N) is 1. The Hall–Kier alpha value is -0.360. The molecule has 0 radical (unpaired) electrons. The highest BCUT2D eigenvalue weighted by Crippen LogP contribution is 2.51. The Morgan fingerprint density at radius 2 is 1.84 bits per heavy atom. The van der Waals surface area contributed by atoms with Crippen molar-refractivity contribution < 1.29 is 9.29 Å². The first-order chi connectivity index (χ1) is 11.6. The summed E-state index contributed by atoms with van der Waals surface area (Å²) in [6.07, 6.45) is 5.09. The second-order valence-corrected chi connectivity index (χ2v) is 11.5. The Labute approximate surface area is 163 Å². The smallest absolute Gasteiger partial charge is 0.144 e. The van der Waals surface area contributed by atoms with Crippen molar-refractivity contribution in [1.82, 2.24) is 0 Å². The molecule has 0 aliphatic heterocycles. The minimum absolute atomic E-state index is 0.00206. The van der Waals surface area contributed by atoms with Crippen LogP contribution in [-0.2, 0) is 22.5 Å². The van der Waals surface area contributed by atoms with Crippen LogP contribution in [0, 0.1) is 5.41 Å². The van der Waals surface area contributed by atoms with Gasteiger partial charge in [-0.1, -0.05) is 26.4 Å². The van der Waals surface area contributed by atoms with Gasteiger partial charge < -0.3 is 9.29 Å². The zero-order valence-electron chi connectivity index (χ0n) is 15.8. The Balaban J connectivity index is 2.03. The normalized spacial score (nSPS) is 32.2. The quantitative estimate of drug-likeness (QED) is 0.609. The average molecular weight is 426 g/mol. The maximum atomic E-state index is 12.8. The molecule has 0 saturated heterocycles. The minimum Gasteiger partial charge on any atom is -0.591 e. The predicted octanol–water partition coefficient (Wildman–Crippen LogP) is 5.22. The van der Waals surface area contributed by atoms with Crippen molar-refractivity contribution in [3.63, 3.8) is 0 Å². The molecule has 25 heavy (non-hydrogen) atoms. The third-order valence-corrected chi connectivity index (χ3v) is 7.70. The molecule has 2 aliphatic rings. The summed E-state index contributed by atoms with van der Waals surface area (Å²) in [4.78, 5) is 0. The van der Waals surface area contributed by atoms with E-state index < -0.39 is 11.4 Å². The summed E-state index contributed by atoms with van der Waals surface area (Å²) in [5, 5.41) is 0. The highest BCUT2D eigenvalue weighted by Gasteiger charge is 2.50. The van der Waals surface area contributed by atoms with E-state index >= 15 is 0 Å². The van der Waals surface area contributed by atoms with Gasteiger partial charge in [-0.05, 0) is 77.5 Å². The molecule has 2 aliphatic carbocycles. The second-order valence-electron chi connectivity index (χ2n) is 8.71. The van der Waals surface area contributed by atoms with E-state index in [0.29, 0.717) is 0 Å². The van der Waals surface area contributed by atoms with Crippen molar-refractivity contribution in [3.8, 4) is 0 Å². The summed E-state index contributed by atoms with van der Waals surface area (Å²) < 4.78 is 24.1. The SMILES string of the molecule is COC1(C)CCC2(CC1)Cc1ccc(Br)cc1/C2=N/[S+]([O-])C(C)(C)C. The predicted molar refractivity (Wildman–Crippen MR) is 109 cm³/mol. The molecule has 1 fully saturated rings. The molecule has 1 saturated carbocycles. The molecular formula is C20H28BrNO2S. The van der Waals surface area contributed by atoms with Gasteiger partial charge in [-0.3, -0.25) is 0 Å². The summed E-state index contributed by atoms with van der Waals surface area (Å²) in [7, 11) is 1.81. The lowest BCUT2D eigenvalue weighted by atomic mass is 9.66. The first-order valence-corrected chi connectivity index (χ1v) is 10.8. The van der Waals surface area contributed by atoms with Crippen LogP contribution in [0.3, 0.4) is 0 Å². The van der Waals surface area contributed by atoms with Gasteiger partial charge in [-0.2, -0.15) is 0 Å². The number of ether oxygens (including phenoxy) is 1.